The van der Waals surface area contributed by atoms with E-state index in [1.165, 1.54) is 0 Å². The van der Waals surface area contributed by atoms with Crippen LogP contribution in [0.1, 0.15) is 34.0 Å². The zero-order valence-electron chi connectivity index (χ0n) is 16.7. The minimum atomic E-state index is -4.35. The van der Waals surface area contributed by atoms with E-state index in [2.05, 4.69) is 21.9 Å². The fraction of sp³-hybridized carbons (Fsp3) is 0.273. The summed E-state index contributed by atoms with van der Waals surface area (Å²) in [6.07, 6.45) is -4.35. The van der Waals surface area contributed by atoms with Gasteiger partial charge in [-0.15, -0.1) is 0 Å². The summed E-state index contributed by atoms with van der Waals surface area (Å²) in [7, 11) is 0. The molecule has 2 amide bonds. The van der Waals surface area contributed by atoms with Crippen molar-refractivity contribution in [3.05, 3.63) is 70.8 Å². The molecule has 6 nitrogen and oxygen atoms in total. The van der Waals surface area contributed by atoms with Crippen LogP contribution in [-0.2, 0) is 16.1 Å². The van der Waals surface area contributed by atoms with E-state index in [0.29, 0.717) is 22.3 Å². The first-order chi connectivity index (χ1) is 14.5. The number of rotatable bonds is 7. The molecule has 0 saturated carbocycles. The molecule has 164 valence electrons. The Morgan fingerprint density at radius 3 is 2.00 bits per heavy atom. The SMILES string of the molecule is C[C@@H](N)[C@H](NC(=O)c1ccc(C#Cc2ccc(COCC(F)(F)F)cc2)cc1)C(N)=O. The number of benzene rings is 2. The largest absolute Gasteiger partial charge is 0.411 e. The lowest BCUT2D eigenvalue weighted by atomic mass is 10.1. The minimum Gasteiger partial charge on any atom is -0.368 e. The molecule has 0 fully saturated rings. The van der Waals surface area contributed by atoms with Gasteiger partial charge in [0.1, 0.15) is 12.6 Å². The third-order valence-electron chi connectivity index (χ3n) is 4.11. The third kappa shape index (κ3) is 8.12. The number of carbonyl (C=O) groups is 2. The van der Waals surface area contributed by atoms with Gasteiger partial charge in [0.05, 0.1) is 6.61 Å². The number of alkyl halides is 3. The van der Waals surface area contributed by atoms with Gasteiger partial charge in [0.15, 0.2) is 0 Å². The van der Waals surface area contributed by atoms with Crippen LogP contribution in [0.25, 0.3) is 0 Å². The first kappa shape index (κ1) is 23.9. The van der Waals surface area contributed by atoms with E-state index in [0.717, 1.165) is 0 Å². The number of nitrogens with two attached hydrogens (primary N) is 2. The first-order valence-electron chi connectivity index (χ1n) is 9.26. The van der Waals surface area contributed by atoms with Gasteiger partial charge in [0.25, 0.3) is 5.91 Å². The Morgan fingerprint density at radius 1 is 1.03 bits per heavy atom. The van der Waals surface area contributed by atoms with E-state index in [1.54, 1.807) is 55.5 Å². The molecular weight excluding hydrogens is 411 g/mol. The van der Waals surface area contributed by atoms with Crippen LogP contribution in [0.4, 0.5) is 13.2 Å². The molecule has 2 rings (SSSR count). The number of amides is 2. The Labute approximate surface area is 177 Å². The Morgan fingerprint density at radius 2 is 1.55 bits per heavy atom. The van der Waals surface area contributed by atoms with E-state index < -0.39 is 36.7 Å². The molecule has 0 unspecified atom stereocenters. The first-order valence-corrected chi connectivity index (χ1v) is 9.26. The molecule has 0 aromatic heterocycles. The molecule has 0 spiro atoms. The van der Waals surface area contributed by atoms with Crippen LogP contribution in [0.3, 0.4) is 0 Å². The lowest BCUT2D eigenvalue weighted by Gasteiger charge is -2.18. The molecule has 31 heavy (non-hydrogen) atoms. The number of hydrogen-bond acceptors (Lipinski definition) is 4. The van der Waals surface area contributed by atoms with E-state index >= 15 is 0 Å². The maximum atomic E-state index is 12.2. The quantitative estimate of drug-likeness (QED) is 0.581. The van der Waals surface area contributed by atoms with Gasteiger partial charge in [-0.3, -0.25) is 9.59 Å². The van der Waals surface area contributed by atoms with Crippen molar-refractivity contribution >= 4 is 11.8 Å². The van der Waals surface area contributed by atoms with Crippen LogP contribution in [0.5, 0.6) is 0 Å². The van der Waals surface area contributed by atoms with Gasteiger partial charge in [0.2, 0.25) is 5.91 Å². The highest BCUT2D eigenvalue weighted by Crippen LogP contribution is 2.15. The number of primary amides is 1. The second-order valence-corrected chi connectivity index (χ2v) is 6.84. The van der Waals surface area contributed by atoms with Gasteiger partial charge in [-0.1, -0.05) is 24.0 Å². The van der Waals surface area contributed by atoms with E-state index in [9.17, 15) is 22.8 Å². The summed E-state index contributed by atoms with van der Waals surface area (Å²) < 4.78 is 40.9. The van der Waals surface area contributed by atoms with Crippen LogP contribution in [0, 0.1) is 11.8 Å². The van der Waals surface area contributed by atoms with Crippen LogP contribution < -0.4 is 16.8 Å². The van der Waals surface area contributed by atoms with E-state index in [-0.39, 0.29) is 6.61 Å². The van der Waals surface area contributed by atoms with Crippen molar-refractivity contribution in [1.82, 2.24) is 5.32 Å². The standard InChI is InChI=1S/C22H22F3N3O3/c1-14(26)19(20(27)29)28-21(30)18-10-8-16(9-11-18)3-2-15-4-6-17(7-5-15)12-31-13-22(23,24)25/h4-11,14,19H,12-13,26H2,1H3,(H2,27,29)(H,28,30)/t14-,19+/m1/s1. The molecular formula is C22H22F3N3O3. The summed E-state index contributed by atoms with van der Waals surface area (Å²) in [5.41, 5.74) is 13.1. The third-order valence-corrected chi connectivity index (χ3v) is 4.11. The summed E-state index contributed by atoms with van der Waals surface area (Å²) in [4.78, 5) is 23.6. The number of ether oxygens (including phenoxy) is 1. The molecule has 2 aromatic carbocycles. The monoisotopic (exact) mass is 433 g/mol. The minimum absolute atomic E-state index is 0.143. The highest BCUT2D eigenvalue weighted by Gasteiger charge is 2.27. The fourth-order valence-corrected chi connectivity index (χ4v) is 2.50. The summed E-state index contributed by atoms with van der Waals surface area (Å²) in [6.45, 7) is 0.129. The topological polar surface area (TPSA) is 107 Å². The molecule has 0 aliphatic heterocycles. The van der Waals surface area contributed by atoms with Crippen molar-refractivity contribution in [3.63, 3.8) is 0 Å². The Balaban J connectivity index is 1.96. The maximum absolute atomic E-state index is 12.2. The molecule has 5 N–H and O–H groups in total. The van der Waals surface area contributed by atoms with Gasteiger partial charge in [-0.2, -0.15) is 13.2 Å². The molecule has 0 aliphatic rings. The molecule has 0 aliphatic carbocycles. The van der Waals surface area contributed by atoms with Crippen molar-refractivity contribution in [2.75, 3.05) is 6.61 Å². The van der Waals surface area contributed by atoms with Crippen molar-refractivity contribution in [1.29, 1.82) is 0 Å². The summed E-state index contributed by atoms with van der Waals surface area (Å²) in [5.74, 6) is 4.66. The molecule has 0 bridgehead atoms. The maximum Gasteiger partial charge on any atom is 0.411 e. The molecule has 2 atom stereocenters. The highest BCUT2D eigenvalue weighted by atomic mass is 19.4. The zero-order valence-corrected chi connectivity index (χ0v) is 16.7. The second-order valence-electron chi connectivity index (χ2n) is 6.84. The average Bonchev–Trinajstić information content (AvgIpc) is 2.70. The van der Waals surface area contributed by atoms with Gasteiger partial charge < -0.3 is 21.5 Å². The number of nitrogens with one attached hydrogen (secondary N) is 1. The lowest BCUT2D eigenvalue weighted by molar-refractivity contribution is -0.176. The van der Waals surface area contributed by atoms with Gasteiger partial charge in [-0.05, 0) is 48.9 Å². The van der Waals surface area contributed by atoms with E-state index in [1.807, 2.05) is 0 Å². The van der Waals surface area contributed by atoms with Crippen LogP contribution in [0.15, 0.2) is 48.5 Å². The summed E-state index contributed by atoms with van der Waals surface area (Å²) >= 11 is 0. The predicted octanol–water partition coefficient (Wildman–Crippen LogP) is 2.10. The predicted molar refractivity (Wildman–Crippen MR) is 109 cm³/mol. The van der Waals surface area contributed by atoms with E-state index in [4.69, 9.17) is 11.5 Å². The van der Waals surface area contributed by atoms with Gasteiger partial charge >= 0.3 is 6.18 Å². The summed E-state index contributed by atoms with van der Waals surface area (Å²) in [6, 6.07) is 11.4. The molecule has 0 saturated heterocycles. The fourth-order valence-electron chi connectivity index (χ4n) is 2.50. The zero-order chi connectivity index (χ0) is 23.0. The lowest BCUT2D eigenvalue weighted by Crippen LogP contribution is -2.53. The average molecular weight is 433 g/mol. The normalized spacial score (nSPS) is 12.9. The smallest absolute Gasteiger partial charge is 0.368 e. The van der Waals surface area contributed by atoms with Crippen molar-refractivity contribution in [2.45, 2.75) is 31.8 Å². The van der Waals surface area contributed by atoms with Crippen molar-refractivity contribution < 1.29 is 27.5 Å². The van der Waals surface area contributed by atoms with Crippen molar-refractivity contribution in [2.24, 2.45) is 11.5 Å². The molecule has 9 heteroatoms. The molecule has 0 heterocycles. The Hall–Kier alpha value is -3.35. The van der Waals surface area contributed by atoms with Gasteiger partial charge in [-0.25, -0.2) is 0 Å². The Bertz CT molecular complexity index is 960. The van der Waals surface area contributed by atoms with Gasteiger partial charge in [0, 0.05) is 22.7 Å². The Kier molecular flexibility index (Phi) is 8.19. The van der Waals surface area contributed by atoms with Crippen LogP contribution in [0.2, 0.25) is 0 Å². The molecule has 2 aromatic rings. The number of carbonyl (C=O) groups excluding carboxylic acids is 2. The highest BCUT2D eigenvalue weighted by molar-refractivity contribution is 5.97. The summed E-state index contributed by atoms with van der Waals surface area (Å²) in [5, 5.41) is 2.49. The van der Waals surface area contributed by atoms with Crippen LogP contribution in [-0.4, -0.2) is 36.7 Å². The second kappa shape index (κ2) is 10.6. The number of hydrogen-bond donors (Lipinski definition) is 3. The van der Waals surface area contributed by atoms with Crippen LogP contribution >= 0.6 is 0 Å². The van der Waals surface area contributed by atoms with Crippen molar-refractivity contribution in [3.8, 4) is 11.8 Å². The number of halogens is 3. The molecule has 0 radical (unpaired) electrons.